The van der Waals surface area contributed by atoms with Crippen LogP contribution in [-0.2, 0) is 5.41 Å². The van der Waals surface area contributed by atoms with Crippen LogP contribution in [0.1, 0.15) is 36.8 Å². The lowest BCUT2D eigenvalue weighted by atomic mass is 9.59. The van der Waals surface area contributed by atoms with Gasteiger partial charge in [0.15, 0.2) is 0 Å². The fourth-order valence-electron chi connectivity index (χ4n) is 6.90. The van der Waals surface area contributed by atoms with E-state index in [1.165, 1.54) is 59.0 Å². The number of benzene rings is 3. The van der Waals surface area contributed by atoms with Gasteiger partial charge in [-0.05, 0) is 59.8 Å². The summed E-state index contributed by atoms with van der Waals surface area (Å²) in [5, 5.41) is 6.49. The van der Waals surface area contributed by atoms with Crippen LogP contribution in [0.15, 0.2) is 96.1 Å². The Morgan fingerprint density at radius 3 is 2.73 bits per heavy atom. The molecule has 30 heavy (non-hydrogen) atoms. The Kier molecular flexibility index (Phi) is 3.33. The second-order valence-electron chi connectivity index (χ2n) is 9.21. The zero-order valence-corrected chi connectivity index (χ0v) is 17.1. The molecule has 3 atom stereocenters. The largest absolute Gasteiger partial charge is 0.354 e. The SMILES string of the molecule is C1=CC2=C(CC1)C1CCC=CC1C21c2ccccc2Nc2c1ccc1ccccc21. The minimum atomic E-state index is -0.0882. The van der Waals surface area contributed by atoms with Crippen LogP contribution in [0.4, 0.5) is 11.4 Å². The quantitative estimate of drug-likeness (QED) is 0.396. The number of hydrogen-bond donors (Lipinski definition) is 1. The highest BCUT2D eigenvalue weighted by Crippen LogP contribution is 2.65. The van der Waals surface area contributed by atoms with Crippen molar-refractivity contribution in [3.8, 4) is 0 Å². The lowest BCUT2D eigenvalue weighted by Gasteiger charge is -2.45. The van der Waals surface area contributed by atoms with E-state index in [1.807, 2.05) is 0 Å². The number of allylic oxidation sites excluding steroid dienone is 6. The van der Waals surface area contributed by atoms with E-state index < -0.39 is 0 Å². The van der Waals surface area contributed by atoms with Gasteiger partial charge in [0.25, 0.3) is 0 Å². The highest BCUT2D eigenvalue weighted by atomic mass is 14.9. The van der Waals surface area contributed by atoms with Crippen LogP contribution < -0.4 is 5.32 Å². The average molecular weight is 388 g/mol. The van der Waals surface area contributed by atoms with Gasteiger partial charge in [-0.2, -0.15) is 0 Å². The highest BCUT2D eigenvalue weighted by molar-refractivity contribution is 6.00. The Morgan fingerprint density at radius 2 is 1.73 bits per heavy atom. The van der Waals surface area contributed by atoms with Crippen LogP contribution in [0.25, 0.3) is 10.8 Å². The monoisotopic (exact) mass is 387 g/mol. The van der Waals surface area contributed by atoms with Gasteiger partial charge >= 0.3 is 0 Å². The second kappa shape index (κ2) is 5.98. The molecule has 0 saturated carbocycles. The molecule has 0 bridgehead atoms. The third-order valence-electron chi connectivity index (χ3n) is 7.97. The van der Waals surface area contributed by atoms with Crippen LogP contribution in [0.3, 0.4) is 0 Å². The molecule has 1 heteroatoms. The normalized spacial score (nSPS) is 28.1. The molecule has 4 aliphatic rings. The maximum Gasteiger partial charge on any atom is 0.0560 e. The summed E-state index contributed by atoms with van der Waals surface area (Å²) in [5.41, 5.74) is 8.70. The summed E-state index contributed by atoms with van der Waals surface area (Å²) in [6, 6.07) is 22.6. The molecule has 0 saturated heterocycles. The first-order valence-corrected chi connectivity index (χ1v) is 11.3. The fourth-order valence-corrected chi connectivity index (χ4v) is 6.90. The summed E-state index contributed by atoms with van der Waals surface area (Å²) in [4.78, 5) is 0. The lowest BCUT2D eigenvalue weighted by molar-refractivity contribution is 0.350. The van der Waals surface area contributed by atoms with Crippen LogP contribution in [-0.4, -0.2) is 0 Å². The van der Waals surface area contributed by atoms with Crippen molar-refractivity contribution in [3.05, 3.63) is 107 Å². The van der Waals surface area contributed by atoms with Crippen molar-refractivity contribution in [3.63, 3.8) is 0 Å². The van der Waals surface area contributed by atoms with Crippen molar-refractivity contribution in [2.24, 2.45) is 11.8 Å². The summed E-state index contributed by atoms with van der Waals surface area (Å²) >= 11 is 0. The molecule has 1 aliphatic heterocycles. The van der Waals surface area contributed by atoms with Crippen molar-refractivity contribution in [2.75, 3.05) is 5.32 Å². The molecule has 3 unspecified atom stereocenters. The van der Waals surface area contributed by atoms with Crippen molar-refractivity contribution >= 4 is 22.1 Å². The van der Waals surface area contributed by atoms with Crippen molar-refractivity contribution in [2.45, 2.75) is 31.1 Å². The fraction of sp³-hybridized carbons (Fsp3) is 0.241. The maximum absolute atomic E-state index is 3.85. The minimum Gasteiger partial charge on any atom is -0.354 e. The smallest absolute Gasteiger partial charge is 0.0560 e. The zero-order valence-electron chi connectivity index (χ0n) is 17.1. The van der Waals surface area contributed by atoms with Gasteiger partial charge < -0.3 is 5.32 Å². The van der Waals surface area contributed by atoms with Crippen molar-refractivity contribution in [1.29, 1.82) is 0 Å². The molecule has 3 aromatic rings. The molecule has 1 N–H and O–H groups in total. The number of hydrogen-bond acceptors (Lipinski definition) is 1. The molecular formula is C29H25N. The molecule has 3 aliphatic carbocycles. The number of fused-ring (bicyclic) bond motifs is 10. The first kappa shape index (κ1) is 16.7. The zero-order chi connectivity index (χ0) is 19.7. The Morgan fingerprint density at radius 1 is 0.833 bits per heavy atom. The summed E-state index contributed by atoms with van der Waals surface area (Å²) < 4.78 is 0. The van der Waals surface area contributed by atoms with E-state index >= 15 is 0 Å². The Balaban J connectivity index is 1.65. The third-order valence-corrected chi connectivity index (χ3v) is 7.97. The number of rotatable bonds is 0. The van der Waals surface area contributed by atoms with Crippen LogP contribution in [0.5, 0.6) is 0 Å². The van der Waals surface area contributed by atoms with Crippen LogP contribution in [0, 0.1) is 11.8 Å². The molecule has 1 nitrogen and oxygen atoms in total. The van der Waals surface area contributed by atoms with Gasteiger partial charge in [0.1, 0.15) is 0 Å². The molecular weight excluding hydrogens is 362 g/mol. The van der Waals surface area contributed by atoms with Crippen molar-refractivity contribution in [1.82, 2.24) is 0 Å². The number of nitrogens with one attached hydrogen (secondary N) is 1. The Labute approximate surface area is 177 Å². The van der Waals surface area contributed by atoms with E-state index in [2.05, 4.69) is 90.3 Å². The topological polar surface area (TPSA) is 12.0 Å². The van der Waals surface area contributed by atoms with E-state index in [0.717, 1.165) is 0 Å². The molecule has 7 rings (SSSR count). The molecule has 0 radical (unpaired) electrons. The van der Waals surface area contributed by atoms with Gasteiger partial charge in [-0.1, -0.05) is 84.5 Å². The molecule has 146 valence electrons. The highest BCUT2D eigenvalue weighted by Gasteiger charge is 2.57. The summed E-state index contributed by atoms with van der Waals surface area (Å²) in [6.45, 7) is 0. The molecule has 1 spiro atoms. The first-order chi connectivity index (χ1) is 14.9. The van der Waals surface area contributed by atoms with Gasteiger partial charge in [-0.3, -0.25) is 0 Å². The number of anilines is 2. The van der Waals surface area contributed by atoms with Gasteiger partial charge in [-0.15, -0.1) is 0 Å². The molecule has 3 aromatic carbocycles. The van der Waals surface area contributed by atoms with Gasteiger partial charge in [0.2, 0.25) is 0 Å². The predicted octanol–water partition coefficient (Wildman–Crippen LogP) is 7.43. The van der Waals surface area contributed by atoms with Crippen molar-refractivity contribution < 1.29 is 0 Å². The van der Waals surface area contributed by atoms with Gasteiger partial charge in [0.05, 0.1) is 11.1 Å². The van der Waals surface area contributed by atoms with Gasteiger partial charge in [0, 0.05) is 17.0 Å². The minimum absolute atomic E-state index is 0.0882. The summed E-state index contributed by atoms with van der Waals surface area (Å²) in [7, 11) is 0. The first-order valence-electron chi connectivity index (χ1n) is 11.3. The standard InChI is InChI=1S/C29H25N/c1-2-10-20-19(9-1)17-18-26-28(20)30-27-16-8-7-15-25(27)29(26)23-13-5-3-11-21(23)22-12-4-6-14-24(22)29/h1-2,5-10,13-18,21,23,30H,3-4,11-12H2. The molecule has 1 heterocycles. The van der Waals surface area contributed by atoms with Crippen LogP contribution in [0.2, 0.25) is 0 Å². The molecule has 0 amide bonds. The molecule has 0 aromatic heterocycles. The van der Waals surface area contributed by atoms with E-state index in [9.17, 15) is 0 Å². The van der Waals surface area contributed by atoms with E-state index in [4.69, 9.17) is 0 Å². The van der Waals surface area contributed by atoms with E-state index in [0.29, 0.717) is 11.8 Å². The lowest BCUT2D eigenvalue weighted by Crippen LogP contribution is -2.40. The Hall–Kier alpha value is -3.06. The van der Waals surface area contributed by atoms with Gasteiger partial charge in [-0.25, -0.2) is 0 Å². The summed E-state index contributed by atoms with van der Waals surface area (Å²) in [6.07, 6.45) is 14.8. The van der Waals surface area contributed by atoms with E-state index in [1.54, 1.807) is 11.1 Å². The second-order valence-corrected chi connectivity index (χ2v) is 9.21. The predicted molar refractivity (Wildman–Crippen MR) is 125 cm³/mol. The van der Waals surface area contributed by atoms with Crippen LogP contribution >= 0.6 is 0 Å². The maximum atomic E-state index is 3.85. The number of para-hydroxylation sites is 1. The third kappa shape index (κ3) is 1.94. The Bertz CT molecular complexity index is 1290. The molecule has 0 fully saturated rings. The van der Waals surface area contributed by atoms with E-state index in [-0.39, 0.29) is 5.41 Å². The summed E-state index contributed by atoms with van der Waals surface area (Å²) in [5.74, 6) is 1.17. The average Bonchev–Trinajstić information content (AvgIpc) is 3.11.